The van der Waals surface area contributed by atoms with Gasteiger partial charge in [0.25, 0.3) is 0 Å². The lowest BCUT2D eigenvalue weighted by atomic mass is 10.0. The number of hydrogen-bond acceptors (Lipinski definition) is 2. The molecule has 0 saturated heterocycles. The number of nitrogens with two attached hydrogens (primary N) is 1. The quantitative estimate of drug-likeness (QED) is 0.895. The van der Waals surface area contributed by atoms with Gasteiger partial charge in [-0.3, -0.25) is 0 Å². The second-order valence-electron chi connectivity index (χ2n) is 5.98. The van der Waals surface area contributed by atoms with Crippen LogP contribution in [0.25, 0.3) is 0 Å². The minimum absolute atomic E-state index is 0.0549. The summed E-state index contributed by atoms with van der Waals surface area (Å²) in [5.74, 6) is 0.929. The minimum Gasteiger partial charge on any atom is -0.489 e. The molecule has 21 heavy (non-hydrogen) atoms. The highest BCUT2D eigenvalue weighted by molar-refractivity contribution is 5.40. The van der Waals surface area contributed by atoms with E-state index in [0.29, 0.717) is 6.61 Å². The number of rotatable bonds is 4. The lowest BCUT2D eigenvalue weighted by Gasteiger charge is -2.15. The zero-order chi connectivity index (χ0) is 15.6. The van der Waals surface area contributed by atoms with E-state index in [1.54, 1.807) is 0 Å². The van der Waals surface area contributed by atoms with E-state index in [1.165, 1.54) is 22.3 Å². The molecule has 1 atom stereocenters. The van der Waals surface area contributed by atoms with E-state index in [2.05, 4.69) is 45.9 Å². The molecule has 0 heterocycles. The molecule has 0 unspecified atom stereocenters. The Morgan fingerprint density at radius 3 is 2.10 bits per heavy atom. The zero-order valence-corrected chi connectivity index (χ0v) is 13.7. The van der Waals surface area contributed by atoms with Crippen molar-refractivity contribution in [2.75, 3.05) is 0 Å². The summed E-state index contributed by atoms with van der Waals surface area (Å²) in [4.78, 5) is 0. The van der Waals surface area contributed by atoms with E-state index in [4.69, 9.17) is 10.5 Å². The maximum Gasteiger partial charge on any atom is 0.122 e. The van der Waals surface area contributed by atoms with Crippen LogP contribution in [0.3, 0.4) is 0 Å². The van der Waals surface area contributed by atoms with Gasteiger partial charge in [0.2, 0.25) is 0 Å². The molecule has 0 spiro atoms. The molecule has 2 nitrogen and oxygen atoms in total. The van der Waals surface area contributed by atoms with Gasteiger partial charge in [0, 0.05) is 6.04 Å². The average molecular weight is 283 g/mol. The van der Waals surface area contributed by atoms with Crippen LogP contribution in [-0.2, 0) is 6.61 Å². The van der Waals surface area contributed by atoms with Crippen molar-refractivity contribution in [2.24, 2.45) is 5.73 Å². The van der Waals surface area contributed by atoms with Crippen LogP contribution in [0, 0.1) is 27.7 Å². The first-order chi connectivity index (χ1) is 9.88. The highest BCUT2D eigenvalue weighted by Crippen LogP contribution is 2.24. The summed E-state index contributed by atoms with van der Waals surface area (Å²) < 4.78 is 6.02. The van der Waals surface area contributed by atoms with Gasteiger partial charge in [-0.1, -0.05) is 29.8 Å². The normalized spacial score (nSPS) is 12.3. The average Bonchev–Trinajstić information content (AvgIpc) is 2.38. The van der Waals surface area contributed by atoms with Crippen LogP contribution in [0.1, 0.15) is 46.3 Å². The number of ether oxygens (including phenoxy) is 1. The molecule has 0 fully saturated rings. The summed E-state index contributed by atoms with van der Waals surface area (Å²) in [5, 5.41) is 0. The van der Waals surface area contributed by atoms with Gasteiger partial charge in [-0.2, -0.15) is 0 Å². The molecule has 112 valence electrons. The molecule has 0 aliphatic rings. The molecule has 0 aliphatic heterocycles. The largest absolute Gasteiger partial charge is 0.489 e. The molecule has 2 aromatic rings. The van der Waals surface area contributed by atoms with E-state index in [0.717, 1.165) is 16.9 Å². The first kappa shape index (κ1) is 15.6. The second-order valence-corrected chi connectivity index (χ2v) is 5.98. The molecule has 0 amide bonds. The van der Waals surface area contributed by atoms with Gasteiger partial charge in [-0.05, 0) is 68.5 Å². The fourth-order valence-electron chi connectivity index (χ4n) is 2.71. The Morgan fingerprint density at radius 1 is 0.952 bits per heavy atom. The van der Waals surface area contributed by atoms with Crippen molar-refractivity contribution in [3.63, 3.8) is 0 Å². The molecular weight excluding hydrogens is 258 g/mol. The van der Waals surface area contributed by atoms with E-state index in [-0.39, 0.29) is 6.04 Å². The van der Waals surface area contributed by atoms with Crippen molar-refractivity contribution in [3.05, 3.63) is 63.7 Å². The van der Waals surface area contributed by atoms with Gasteiger partial charge in [-0.15, -0.1) is 0 Å². The molecule has 0 aromatic heterocycles. The number of hydrogen-bond donors (Lipinski definition) is 1. The third-order valence-corrected chi connectivity index (χ3v) is 3.94. The van der Waals surface area contributed by atoms with E-state index in [1.807, 2.05) is 19.1 Å². The lowest BCUT2D eigenvalue weighted by molar-refractivity contribution is 0.302. The molecule has 2 rings (SSSR count). The van der Waals surface area contributed by atoms with Crippen LogP contribution in [0.4, 0.5) is 0 Å². The van der Waals surface area contributed by atoms with Crippen LogP contribution in [-0.4, -0.2) is 0 Å². The lowest BCUT2D eigenvalue weighted by Crippen LogP contribution is -2.06. The first-order valence-electron chi connectivity index (χ1n) is 7.44. The van der Waals surface area contributed by atoms with E-state index >= 15 is 0 Å². The van der Waals surface area contributed by atoms with E-state index < -0.39 is 0 Å². The van der Waals surface area contributed by atoms with Crippen LogP contribution in [0.2, 0.25) is 0 Å². The van der Waals surface area contributed by atoms with Gasteiger partial charge in [0.05, 0.1) is 0 Å². The third kappa shape index (κ3) is 3.64. The number of aryl methyl sites for hydroxylation is 4. The molecule has 0 saturated carbocycles. The predicted octanol–water partition coefficient (Wildman–Crippen LogP) is 4.52. The second kappa shape index (κ2) is 6.31. The van der Waals surface area contributed by atoms with Crippen molar-refractivity contribution in [3.8, 4) is 5.75 Å². The van der Waals surface area contributed by atoms with Gasteiger partial charge >= 0.3 is 0 Å². The van der Waals surface area contributed by atoms with Crippen LogP contribution in [0.5, 0.6) is 5.75 Å². The van der Waals surface area contributed by atoms with Crippen molar-refractivity contribution in [1.82, 2.24) is 0 Å². The standard InChI is InChI=1S/C19H25NO/c1-12-8-13(2)18(14(3)9-12)11-21-19-7-6-17(16(5)20)10-15(19)4/h6-10,16H,11,20H2,1-5H3/t16-/m1/s1. The summed E-state index contributed by atoms with van der Waals surface area (Å²) in [6.07, 6.45) is 0. The van der Waals surface area contributed by atoms with Crippen molar-refractivity contribution >= 4 is 0 Å². The van der Waals surface area contributed by atoms with Crippen LogP contribution < -0.4 is 10.5 Å². The predicted molar refractivity (Wildman–Crippen MR) is 88.8 cm³/mol. The Morgan fingerprint density at radius 2 is 1.57 bits per heavy atom. The molecule has 2 N–H and O–H groups in total. The molecule has 0 radical (unpaired) electrons. The highest BCUT2D eigenvalue weighted by atomic mass is 16.5. The monoisotopic (exact) mass is 283 g/mol. The Balaban J connectivity index is 2.17. The first-order valence-corrected chi connectivity index (χ1v) is 7.44. The molecular formula is C19H25NO. The fraction of sp³-hybridized carbons (Fsp3) is 0.368. The van der Waals surface area contributed by atoms with Crippen molar-refractivity contribution in [2.45, 2.75) is 47.3 Å². The van der Waals surface area contributed by atoms with Gasteiger partial charge in [-0.25, -0.2) is 0 Å². The van der Waals surface area contributed by atoms with Gasteiger partial charge < -0.3 is 10.5 Å². The maximum atomic E-state index is 6.02. The summed E-state index contributed by atoms with van der Waals surface area (Å²) >= 11 is 0. The Bertz CT molecular complexity index is 621. The molecule has 0 aliphatic carbocycles. The molecule has 0 bridgehead atoms. The SMILES string of the molecule is Cc1cc(C)c(COc2ccc([C@@H](C)N)cc2C)c(C)c1. The smallest absolute Gasteiger partial charge is 0.122 e. The maximum absolute atomic E-state index is 6.02. The Hall–Kier alpha value is -1.80. The number of benzene rings is 2. The van der Waals surface area contributed by atoms with Crippen molar-refractivity contribution < 1.29 is 4.74 Å². The minimum atomic E-state index is 0.0549. The van der Waals surface area contributed by atoms with Crippen LogP contribution in [0.15, 0.2) is 30.3 Å². The fourth-order valence-corrected chi connectivity index (χ4v) is 2.71. The van der Waals surface area contributed by atoms with Gasteiger partial charge in [0.1, 0.15) is 12.4 Å². The zero-order valence-electron chi connectivity index (χ0n) is 13.7. The highest BCUT2D eigenvalue weighted by Gasteiger charge is 2.08. The van der Waals surface area contributed by atoms with Gasteiger partial charge in [0.15, 0.2) is 0 Å². The van der Waals surface area contributed by atoms with Crippen molar-refractivity contribution in [1.29, 1.82) is 0 Å². The molecule has 2 aromatic carbocycles. The summed E-state index contributed by atoms with van der Waals surface area (Å²) in [6.45, 7) is 11.1. The summed E-state index contributed by atoms with van der Waals surface area (Å²) in [6, 6.07) is 10.6. The summed E-state index contributed by atoms with van der Waals surface area (Å²) in [7, 11) is 0. The summed E-state index contributed by atoms with van der Waals surface area (Å²) in [5.41, 5.74) is 13.3. The topological polar surface area (TPSA) is 35.2 Å². The Kier molecular flexibility index (Phi) is 4.69. The van der Waals surface area contributed by atoms with Crippen LogP contribution >= 0.6 is 0 Å². The molecule has 2 heteroatoms. The Labute approximate surface area is 127 Å². The van der Waals surface area contributed by atoms with E-state index in [9.17, 15) is 0 Å². The third-order valence-electron chi connectivity index (χ3n) is 3.94.